The number of hydrogen-bond donors (Lipinski definition) is 2. The fraction of sp³-hybridized carbons (Fsp3) is 0.161. The number of carbonyl (C=O) groups is 2. The van der Waals surface area contributed by atoms with Crippen LogP contribution in [0.25, 0.3) is 21.5 Å². The third-order valence-corrected chi connectivity index (χ3v) is 6.72. The number of esters is 1. The topological polar surface area (TPSA) is 127 Å². The molecule has 0 aliphatic heterocycles. The molecule has 5 rings (SSSR count). The first-order valence-corrected chi connectivity index (χ1v) is 12.9. The highest BCUT2D eigenvalue weighted by molar-refractivity contribution is 6.16. The number of anilines is 2. The lowest BCUT2D eigenvalue weighted by atomic mass is 9.97. The minimum Gasteiger partial charge on any atom is -0.452 e. The molecule has 0 fully saturated rings. The molecule has 9 heteroatoms. The summed E-state index contributed by atoms with van der Waals surface area (Å²) in [4.78, 5) is 55.7. The van der Waals surface area contributed by atoms with Gasteiger partial charge in [-0.3, -0.25) is 19.1 Å². The van der Waals surface area contributed by atoms with Gasteiger partial charge in [0, 0.05) is 6.54 Å². The fourth-order valence-electron chi connectivity index (χ4n) is 4.86. The Kier molecular flexibility index (Phi) is 7.46. The number of ether oxygens (including phenoxy) is 1. The Labute approximate surface area is 229 Å². The highest BCUT2D eigenvalue weighted by atomic mass is 16.5. The molecule has 5 aromatic rings. The molecule has 4 aromatic carbocycles. The second kappa shape index (κ2) is 11.3. The van der Waals surface area contributed by atoms with Crippen LogP contribution in [-0.4, -0.2) is 34.6 Å². The van der Waals surface area contributed by atoms with E-state index in [4.69, 9.17) is 10.5 Å². The van der Waals surface area contributed by atoms with E-state index in [1.807, 2.05) is 91.9 Å². The van der Waals surface area contributed by atoms with Gasteiger partial charge in [0.25, 0.3) is 11.5 Å². The van der Waals surface area contributed by atoms with Crippen LogP contribution in [0.1, 0.15) is 29.3 Å². The van der Waals surface area contributed by atoms with Gasteiger partial charge in [0.2, 0.25) is 0 Å². The van der Waals surface area contributed by atoms with E-state index in [0.717, 1.165) is 16.3 Å². The van der Waals surface area contributed by atoms with Gasteiger partial charge in [-0.15, -0.1) is 0 Å². The summed E-state index contributed by atoms with van der Waals surface area (Å²) in [5, 5.41) is 3.15. The molecule has 0 bridgehead atoms. The zero-order valence-corrected chi connectivity index (χ0v) is 21.9. The average molecular weight is 537 g/mol. The van der Waals surface area contributed by atoms with E-state index >= 15 is 0 Å². The Bertz CT molecular complexity index is 1790. The van der Waals surface area contributed by atoms with Crippen LogP contribution in [0.5, 0.6) is 0 Å². The summed E-state index contributed by atoms with van der Waals surface area (Å²) in [5.41, 5.74) is 5.83. The second-order valence-corrected chi connectivity index (χ2v) is 9.38. The Balaban J connectivity index is 1.46. The number of carbonyl (C=O) groups excluding carboxylic acids is 2. The van der Waals surface area contributed by atoms with E-state index in [2.05, 4.69) is 4.98 Å². The van der Waals surface area contributed by atoms with Gasteiger partial charge in [0.15, 0.2) is 12.3 Å². The van der Waals surface area contributed by atoms with Crippen molar-refractivity contribution in [1.29, 1.82) is 0 Å². The van der Waals surface area contributed by atoms with Crippen molar-refractivity contribution in [3.8, 4) is 0 Å². The lowest BCUT2D eigenvalue weighted by molar-refractivity contribution is -0.121. The van der Waals surface area contributed by atoms with Crippen LogP contribution in [-0.2, 0) is 16.1 Å². The van der Waals surface area contributed by atoms with Crippen LogP contribution in [0.3, 0.4) is 0 Å². The number of nitrogens with one attached hydrogen (secondary N) is 1. The minimum atomic E-state index is -0.792. The van der Waals surface area contributed by atoms with Gasteiger partial charge >= 0.3 is 11.7 Å². The summed E-state index contributed by atoms with van der Waals surface area (Å²) < 4.78 is 6.74. The molecule has 1 aromatic heterocycles. The number of nitrogens with zero attached hydrogens (tertiary/aromatic N) is 2. The number of nitrogens with two attached hydrogens (primary N) is 1. The maximum atomic E-state index is 13.4. The van der Waals surface area contributed by atoms with Crippen LogP contribution < -0.4 is 21.9 Å². The van der Waals surface area contributed by atoms with E-state index < -0.39 is 29.7 Å². The van der Waals surface area contributed by atoms with Crippen molar-refractivity contribution in [3.63, 3.8) is 0 Å². The molecule has 0 aliphatic carbocycles. The number of rotatable bonds is 8. The number of aromatic nitrogens is 2. The minimum absolute atomic E-state index is 0.104. The molecular formula is C31H28N4O5. The number of nitrogen functional groups attached to an aromatic ring is 1. The van der Waals surface area contributed by atoms with Crippen molar-refractivity contribution in [1.82, 2.24) is 9.55 Å². The van der Waals surface area contributed by atoms with E-state index in [1.54, 1.807) is 0 Å². The van der Waals surface area contributed by atoms with Gasteiger partial charge in [-0.1, -0.05) is 85.8 Å². The number of hydrogen-bond acceptors (Lipinski definition) is 6. The van der Waals surface area contributed by atoms with Crippen LogP contribution in [0.2, 0.25) is 0 Å². The lowest BCUT2D eigenvalue weighted by Gasteiger charge is -2.24. The molecule has 0 aliphatic rings. The van der Waals surface area contributed by atoms with E-state index in [-0.39, 0.29) is 24.6 Å². The van der Waals surface area contributed by atoms with Gasteiger partial charge in [0.05, 0.1) is 12.1 Å². The van der Waals surface area contributed by atoms with Crippen molar-refractivity contribution in [2.75, 3.05) is 23.8 Å². The predicted octanol–water partition coefficient (Wildman–Crippen LogP) is 4.07. The maximum Gasteiger partial charge on any atom is 0.339 e. The van der Waals surface area contributed by atoms with Crippen LogP contribution >= 0.6 is 0 Å². The molecule has 0 unspecified atom stereocenters. The monoisotopic (exact) mass is 536 g/mol. The van der Waals surface area contributed by atoms with Gasteiger partial charge in [-0.05, 0) is 39.6 Å². The smallest absolute Gasteiger partial charge is 0.339 e. The zero-order chi connectivity index (χ0) is 28.2. The third-order valence-electron chi connectivity index (χ3n) is 6.72. The van der Waals surface area contributed by atoms with Crippen LogP contribution in [0.4, 0.5) is 11.5 Å². The average Bonchev–Trinajstić information content (AvgIpc) is 2.96. The number of aromatic amines is 1. The van der Waals surface area contributed by atoms with Gasteiger partial charge in [-0.25, -0.2) is 9.59 Å². The number of benzene rings is 4. The number of fused-ring (bicyclic) bond motifs is 2. The van der Waals surface area contributed by atoms with Gasteiger partial charge in [0.1, 0.15) is 5.82 Å². The quantitative estimate of drug-likeness (QED) is 0.227. The van der Waals surface area contributed by atoms with E-state index in [0.29, 0.717) is 22.8 Å². The molecule has 3 N–H and O–H groups in total. The molecule has 0 radical (unpaired) electrons. The summed E-state index contributed by atoms with van der Waals surface area (Å²) >= 11 is 0. The maximum absolute atomic E-state index is 13.4. The van der Waals surface area contributed by atoms with Crippen molar-refractivity contribution in [2.45, 2.75) is 19.9 Å². The molecule has 0 saturated carbocycles. The predicted molar refractivity (Wildman–Crippen MR) is 156 cm³/mol. The first kappa shape index (κ1) is 26.4. The van der Waals surface area contributed by atoms with Crippen molar-refractivity contribution < 1.29 is 14.3 Å². The lowest BCUT2D eigenvalue weighted by Crippen LogP contribution is -2.43. The highest BCUT2D eigenvalue weighted by Crippen LogP contribution is 2.29. The SMILES string of the molecule is CCCN(C(=O)COC(=O)c1c2ccccc2cc2ccccc12)c1c(N)n(Cc2ccccc2)c(=O)[nH]c1=O. The molecule has 1 amide bonds. The molecule has 0 spiro atoms. The first-order chi connectivity index (χ1) is 19.4. The van der Waals surface area contributed by atoms with Crippen molar-refractivity contribution in [3.05, 3.63) is 117 Å². The summed E-state index contributed by atoms with van der Waals surface area (Å²) in [7, 11) is 0. The molecule has 0 atom stereocenters. The zero-order valence-electron chi connectivity index (χ0n) is 21.9. The molecule has 40 heavy (non-hydrogen) atoms. The molecule has 202 valence electrons. The standard InChI is InChI=1S/C31H28N4O5/c1-2-16-34(27-28(32)35(31(39)33-29(27)37)18-20-10-4-3-5-11-20)25(36)19-40-30(38)26-23-14-8-6-12-21(23)17-22-13-7-9-15-24(22)26/h3-15,17H,2,16,18-19,32H2,1H3,(H,33,37,39). The Morgan fingerprint density at radius 1 is 0.900 bits per heavy atom. The highest BCUT2D eigenvalue weighted by Gasteiger charge is 2.26. The summed E-state index contributed by atoms with van der Waals surface area (Å²) in [6.45, 7) is 1.45. The molecule has 9 nitrogen and oxygen atoms in total. The van der Waals surface area contributed by atoms with Crippen LogP contribution in [0.15, 0.2) is 94.5 Å². The van der Waals surface area contributed by atoms with Crippen LogP contribution in [0, 0.1) is 0 Å². The normalized spacial score (nSPS) is 11.0. The Morgan fingerprint density at radius 3 is 2.12 bits per heavy atom. The van der Waals surface area contributed by atoms with Crippen molar-refractivity contribution in [2.24, 2.45) is 0 Å². The number of amides is 1. The first-order valence-electron chi connectivity index (χ1n) is 12.9. The largest absolute Gasteiger partial charge is 0.452 e. The Hall–Kier alpha value is -5.18. The summed E-state index contributed by atoms with van der Waals surface area (Å²) in [6.07, 6.45) is 0.490. The second-order valence-electron chi connectivity index (χ2n) is 9.38. The third kappa shape index (κ3) is 5.09. The van der Waals surface area contributed by atoms with Gasteiger partial charge < -0.3 is 15.4 Å². The summed E-state index contributed by atoms with van der Waals surface area (Å²) in [5.74, 6) is -1.44. The van der Waals surface area contributed by atoms with E-state index in [9.17, 15) is 19.2 Å². The molecular weight excluding hydrogens is 508 g/mol. The van der Waals surface area contributed by atoms with Gasteiger partial charge in [-0.2, -0.15) is 0 Å². The molecule has 0 saturated heterocycles. The summed E-state index contributed by atoms with van der Waals surface area (Å²) in [6, 6.07) is 26.1. The van der Waals surface area contributed by atoms with Crippen molar-refractivity contribution >= 4 is 44.9 Å². The fourth-order valence-corrected chi connectivity index (χ4v) is 4.86. The van der Waals surface area contributed by atoms with E-state index in [1.165, 1.54) is 9.47 Å². The number of H-pyrrole nitrogens is 1. The molecule has 1 heterocycles. The Morgan fingerprint density at radius 2 is 1.50 bits per heavy atom.